The van der Waals surface area contributed by atoms with Crippen molar-refractivity contribution in [3.8, 4) is 0 Å². The van der Waals surface area contributed by atoms with Gasteiger partial charge < -0.3 is 114 Å². The Balaban J connectivity index is 1.28. The third-order valence-electron chi connectivity index (χ3n) is 22.0. The fraction of sp³-hybridized carbons (Fsp3) is 0.901. The van der Waals surface area contributed by atoms with Crippen molar-refractivity contribution in [1.29, 1.82) is 0 Å². The number of likely N-dealkylation sites (tertiary alicyclic amines) is 1. The normalized spacial score (nSPS) is 26.6. The van der Waals surface area contributed by atoms with Crippen LogP contribution in [-0.2, 0) is 94.6 Å². The van der Waals surface area contributed by atoms with Crippen LogP contribution in [0.3, 0.4) is 0 Å². The molecule has 4 rings (SSSR count). The Morgan fingerprint density at radius 1 is 0.414 bits per heavy atom. The largest absolute Gasteiger partial charge is 0.471 e. The quantitative estimate of drug-likeness (QED) is 0.0297. The number of carbonyl (C=O) groups is 8. The molecule has 0 aromatic carbocycles. The van der Waals surface area contributed by atoms with Crippen LogP contribution in [0.4, 0.5) is 0 Å². The highest BCUT2D eigenvalue weighted by Crippen LogP contribution is 2.43. The number of hydrogen-bond acceptors (Lipinski definition) is 30. The van der Waals surface area contributed by atoms with Gasteiger partial charge in [0.25, 0.3) is 0 Å². The molecule has 0 spiro atoms. The van der Waals surface area contributed by atoms with E-state index in [4.69, 9.17) is 47.2 Å². The number of hydrogen-bond donors (Lipinski definition) is 13. The minimum absolute atomic E-state index is 0.0228. The molecule has 4 aliphatic rings. The van der Waals surface area contributed by atoms with E-state index in [1.807, 2.05) is 0 Å². The number of carbonyl (C=O) groups excluding carboxylic acids is 8. The van der Waals surface area contributed by atoms with Crippen LogP contribution in [0, 0.1) is 23.2 Å². The first kappa shape index (κ1) is 104. The zero-order valence-electron chi connectivity index (χ0n) is 69.4. The second-order valence-electron chi connectivity index (χ2n) is 32.0. The van der Waals surface area contributed by atoms with E-state index in [0.717, 1.165) is 45.6 Å². The number of nitrogens with zero attached hydrogens (tertiary/aromatic N) is 1. The summed E-state index contributed by atoms with van der Waals surface area (Å²) in [6, 6.07) is -0.547. The van der Waals surface area contributed by atoms with Crippen LogP contribution in [-0.4, -0.2) is 306 Å². The average Bonchev–Trinajstić information content (AvgIpc) is 1.41. The second kappa shape index (κ2) is 59.8. The van der Waals surface area contributed by atoms with Crippen LogP contribution in [0.5, 0.6) is 0 Å². The van der Waals surface area contributed by atoms with Gasteiger partial charge in [-0.2, -0.15) is 0 Å². The summed E-state index contributed by atoms with van der Waals surface area (Å²) in [6.07, 6.45) is 3.62. The Morgan fingerprint density at radius 3 is 1.13 bits per heavy atom. The Hall–Kier alpha value is -3.89. The SMILES string of the molecule is COP(=O)(O)OC[C@@H]1C[C@@H](O)CN1C(=O)CCCCCCCCCCC(=O)CC(COCCC(=O)CCCCCC(=O)CCCCOC1OC(CO)C(O)C(O)C1C)(COCCC(=O)CCCCCC(=O)CCCCOC1OC(CO)C(O)C(O)C1C)COCCC(=O)NCCCNC(=O)CCCCOC1OC(CO)C(O)C(O)C1C. The average molecular weight is 1690 g/mol. The van der Waals surface area contributed by atoms with Gasteiger partial charge in [0, 0.05) is 153 Å². The van der Waals surface area contributed by atoms with E-state index in [0.29, 0.717) is 129 Å². The van der Waals surface area contributed by atoms with Crippen LogP contribution in [0.2, 0.25) is 0 Å². The fourth-order valence-electron chi connectivity index (χ4n) is 14.5. The van der Waals surface area contributed by atoms with Crippen molar-refractivity contribution in [2.24, 2.45) is 23.2 Å². The van der Waals surface area contributed by atoms with Gasteiger partial charge in [0.1, 0.15) is 65.5 Å². The lowest BCUT2D eigenvalue weighted by Crippen LogP contribution is -2.55. The molecule has 674 valence electrons. The summed E-state index contributed by atoms with van der Waals surface area (Å²) in [5.74, 6) is -2.22. The number of nitrogens with one attached hydrogen (secondary N) is 2. The summed E-state index contributed by atoms with van der Waals surface area (Å²) in [5.41, 5.74) is -1.11. The maximum Gasteiger partial charge on any atom is 0.471 e. The van der Waals surface area contributed by atoms with Crippen molar-refractivity contribution in [1.82, 2.24) is 15.5 Å². The molecule has 16 unspecified atom stereocenters. The zero-order chi connectivity index (χ0) is 85.3. The molecule has 0 aromatic rings. The van der Waals surface area contributed by atoms with Gasteiger partial charge in [-0.25, -0.2) is 4.57 Å². The fourth-order valence-corrected chi connectivity index (χ4v) is 15.0. The molecule has 4 fully saturated rings. The van der Waals surface area contributed by atoms with Crippen molar-refractivity contribution in [2.75, 3.05) is 113 Å². The predicted molar refractivity (Wildman–Crippen MR) is 420 cm³/mol. The van der Waals surface area contributed by atoms with Crippen LogP contribution in [0.1, 0.15) is 245 Å². The smallest absolute Gasteiger partial charge is 0.394 e. The highest BCUT2D eigenvalue weighted by atomic mass is 31.2. The van der Waals surface area contributed by atoms with E-state index in [-0.39, 0.29) is 190 Å². The number of ketones is 5. The first-order chi connectivity index (χ1) is 55.6. The molecule has 0 aromatic heterocycles. The predicted octanol–water partition coefficient (Wildman–Crippen LogP) is 4.36. The summed E-state index contributed by atoms with van der Waals surface area (Å²) in [6.45, 7) is 4.63. The number of β-amino-alcohol motifs (C(OH)–C–C–N with tert-alkyl or cyclic N) is 1. The molecule has 4 heterocycles. The van der Waals surface area contributed by atoms with Gasteiger partial charge in [-0.3, -0.25) is 47.4 Å². The first-order valence-electron chi connectivity index (χ1n) is 42.7. The van der Waals surface area contributed by atoms with Crippen molar-refractivity contribution in [2.45, 2.75) is 331 Å². The van der Waals surface area contributed by atoms with Gasteiger partial charge in [0.15, 0.2) is 18.9 Å². The summed E-state index contributed by atoms with van der Waals surface area (Å²) in [4.78, 5) is 116. The standard InChI is InChI=1S/C81H144N3O31P/c1-56-72(97)75(100)66(49-85)113-78(56)109-40-22-19-30-60(88)26-14-11-16-28-62(90)35-43-106-53-81(47-64(92)32-13-9-7-5-6-8-10-18-34-71(96)84-48-65(93)46-59(84)52-112-116(103,104)105-4,54-107-44-36-63(91)29-17-12-15-27-61(89)31-20-23-41-110-79-57(2)73(98)76(101)67(50-86)114-79)55-108-45-37-70(95)83-39-25-38-82-69(94)33-21-24-42-111-80-58(3)74(99)77(102)68(51-87)115-80/h56-59,65-68,72-80,85-87,93,97-102H,5-55H2,1-4H3,(H,82,94)(H,83,95)(H,103,104)/t56?,57?,58?,59-,65+,66?,67?,68?,72?,73?,74?,75?,76?,77?,78?,79?,80?,81?/m0/s1. The molecule has 35 heteroatoms. The molecule has 34 nitrogen and oxygen atoms in total. The van der Waals surface area contributed by atoms with E-state index in [1.54, 1.807) is 20.8 Å². The van der Waals surface area contributed by atoms with Gasteiger partial charge in [-0.15, -0.1) is 0 Å². The number of aliphatic hydroxyl groups is 10. The number of aliphatic hydroxyl groups excluding tert-OH is 10. The third-order valence-corrected chi connectivity index (χ3v) is 23.0. The maximum atomic E-state index is 14.2. The van der Waals surface area contributed by atoms with Crippen molar-refractivity contribution < 1.29 is 151 Å². The lowest BCUT2D eigenvalue weighted by Gasteiger charge is -2.40. The van der Waals surface area contributed by atoms with Gasteiger partial charge in [-0.1, -0.05) is 72.1 Å². The molecule has 18 atom stereocenters. The molecule has 4 saturated heterocycles. The Morgan fingerprint density at radius 2 is 0.741 bits per heavy atom. The minimum atomic E-state index is -4.25. The maximum absolute atomic E-state index is 14.2. The summed E-state index contributed by atoms with van der Waals surface area (Å²) < 4.78 is 74.1. The molecule has 0 radical (unpaired) electrons. The van der Waals surface area contributed by atoms with Crippen LogP contribution in [0.25, 0.3) is 0 Å². The number of amides is 3. The molecule has 0 aliphatic carbocycles. The number of rotatable bonds is 69. The molecule has 3 amide bonds. The molecule has 0 saturated carbocycles. The molecule has 0 bridgehead atoms. The lowest BCUT2D eigenvalue weighted by molar-refractivity contribution is -0.282. The second-order valence-corrected chi connectivity index (χ2v) is 33.6. The monoisotopic (exact) mass is 1690 g/mol. The molecule has 116 heavy (non-hydrogen) atoms. The van der Waals surface area contributed by atoms with E-state index in [2.05, 4.69) is 15.2 Å². The Bertz CT molecular complexity index is 2600. The van der Waals surface area contributed by atoms with Gasteiger partial charge in [0.05, 0.1) is 96.5 Å². The number of Topliss-reactive ketones (excluding diaryl/α,β-unsaturated/α-hetero) is 5. The van der Waals surface area contributed by atoms with E-state index in [9.17, 15) is 98.9 Å². The van der Waals surface area contributed by atoms with E-state index in [1.165, 1.54) is 4.90 Å². The van der Waals surface area contributed by atoms with Gasteiger partial charge >= 0.3 is 7.82 Å². The summed E-state index contributed by atoms with van der Waals surface area (Å²) in [7, 11) is -3.21. The summed E-state index contributed by atoms with van der Waals surface area (Å²) >= 11 is 0. The molecular formula is C81H144N3O31P. The van der Waals surface area contributed by atoms with Crippen LogP contribution in [0.15, 0.2) is 0 Å². The van der Waals surface area contributed by atoms with Gasteiger partial charge in [-0.05, 0) is 89.9 Å². The molecule has 13 N–H and O–H groups in total. The first-order valence-corrected chi connectivity index (χ1v) is 44.2. The Labute approximate surface area is 685 Å². The van der Waals surface area contributed by atoms with E-state index < -0.39 is 137 Å². The summed E-state index contributed by atoms with van der Waals surface area (Å²) in [5, 5.41) is 106. The number of phosphoric ester groups is 1. The van der Waals surface area contributed by atoms with Crippen LogP contribution >= 0.6 is 7.82 Å². The third kappa shape index (κ3) is 41.8. The molecular weight excluding hydrogens is 1540 g/mol. The van der Waals surface area contributed by atoms with Crippen LogP contribution < -0.4 is 10.6 Å². The lowest BCUT2D eigenvalue weighted by atomic mass is 9.83. The van der Waals surface area contributed by atoms with Crippen molar-refractivity contribution >= 4 is 54.5 Å². The minimum Gasteiger partial charge on any atom is -0.394 e. The van der Waals surface area contributed by atoms with Crippen molar-refractivity contribution in [3.05, 3.63) is 0 Å². The number of phosphoric acid groups is 1. The Kier molecular flexibility index (Phi) is 53.8. The zero-order valence-corrected chi connectivity index (χ0v) is 70.3. The molecule has 4 aliphatic heterocycles. The number of unbranched alkanes of at least 4 members (excludes halogenated alkanes) is 14. The van der Waals surface area contributed by atoms with E-state index >= 15 is 0 Å². The highest BCUT2D eigenvalue weighted by Gasteiger charge is 2.46. The van der Waals surface area contributed by atoms with Gasteiger partial charge in [0.2, 0.25) is 17.7 Å². The number of ether oxygens (including phenoxy) is 9. The van der Waals surface area contributed by atoms with Crippen molar-refractivity contribution in [3.63, 3.8) is 0 Å². The topological polar surface area (TPSA) is 505 Å². The highest BCUT2D eigenvalue weighted by molar-refractivity contribution is 7.47.